The van der Waals surface area contributed by atoms with Gasteiger partial charge in [0.15, 0.2) is 0 Å². The molecule has 2 heterocycles. The molecular formula is C12H17BrN2S. The molecule has 1 aliphatic heterocycles. The Kier molecular flexibility index (Phi) is 2.86. The molecule has 0 radical (unpaired) electrons. The van der Waals surface area contributed by atoms with Crippen molar-refractivity contribution in [3.8, 4) is 0 Å². The first-order chi connectivity index (χ1) is 7.69. The summed E-state index contributed by atoms with van der Waals surface area (Å²) in [6.07, 6.45) is 0. The number of fused-ring (bicyclic) bond motifs is 1. The molecule has 2 nitrogen and oxygen atoms in total. The summed E-state index contributed by atoms with van der Waals surface area (Å²) in [6, 6.07) is 2.22. The van der Waals surface area contributed by atoms with E-state index in [1.54, 1.807) is 0 Å². The molecule has 2 fully saturated rings. The van der Waals surface area contributed by atoms with Gasteiger partial charge in [0.2, 0.25) is 0 Å². The van der Waals surface area contributed by atoms with Gasteiger partial charge in [0.25, 0.3) is 0 Å². The van der Waals surface area contributed by atoms with Crippen LogP contribution in [0.5, 0.6) is 0 Å². The largest absolute Gasteiger partial charge is 0.330 e. The Morgan fingerprint density at radius 3 is 2.69 bits per heavy atom. The molecule has 3 rings (SSSR count). The van der Waals surface area contributed by atoms with Gasteiger partial charge in [-0.05, 0) is 53.2 Å². The number of nitrogens with two attached hydrogens (primary N) is 1. The average Bonchev–Trinajstić information content (AvgIpc) is 2.54. The highest BCUT2D eigenvalue weighted by atomic mass is 79.9. The van der Waals surface area contributed by atoms with E-state index in [9.17, 15) is 0 Å². The maximum absolute atomic E-state index is 5.73. The number of thiophene rings is 1. The van der Waals surface area contributed by atoms with Crippen molar-refractivity contribution in [2.75, 3.05) is 19.6 Å². The highest BCUT2D eigenvalue weighted by Gasteiger charge is 2.54. The summed E-state index contributed by atoms with van der Waals surface area (Å²) in [5.74, 6) is 2.65. The molecule has 0 aromatic carbocycles. The Balaban J connectivity index is 1.60. The van der Waals surface area contributed by atoms with E-state index in [1.807, 2.05) is 11.3 Å². The SMILES string of the molecule is Cc1cc(Br)c(CN2C[C@@H]3C(CN)[C@@H]3C2)s1. The molecule has 88 valence electrons. The fraction of sp³-hybridized carbons (Fsp3) is 0.667. The zero-order valence-electron chi connectivity index (χ0n) is 9.45. The first kappa shape index (κ1) is 11.2. The van der Waals surface area contributed by atoms with Gasteiger partial charge in [0.05, 0.1) is 0 Å². The van der Waals surface area contributed by atoms with Crippen LogP contribution in [0.1, 0.15) is 9.75 Å². The van der Waals surface area contributed by atoms with E-state index in [4.69, 9.17) is 5.73 Å². The van der Waals surface area contributed by atoms with Crippen molar-refractivity contribution in [1.82, 2.24) is 4.90 Å². The molecule has 2 aliphatic rings. The Morgan fingerprint density at radius 2 is 2.19 bits per heavy atom. The van der Waals surface area contributed by atoms with Gasteiger partial charge in [-0.3, -0.25) is 4.90 Å². The van der Waals surface area contributed by atoms with Crippen LogP contribution in [-0.4, -0.2) is 24.5 Å². The summed E-state index contributed by atoms with van der Waals surface area (Å²) in [7, 11) is 0. The molecule has 1 aromatic heterocycles. The zero-order chi connectivity index (χ0) is 11.3. The lowest BCUT2D eigenvalue weighted by Gasteiger charge is -2.18. The third-order valence-electron chi connectivity index (χ3n) is 3.97. The summed E-state index contributed by atoms with van der Waals surface area (Å²) in [5, 5.41) is 0. The van der Waals surface area contributed by atoms with Crippen LogP contribution in [0.3, 0.4) is 0 Å². The van der Waals surface area contributed by atoms with Crippen molar-refractivity contribution in [3.05, 3.63) is 20.3 Å². The predicted molar refractivity (Wildman–Crippen MR) is 71.6 cm³/mol. The Labute approximate surface area is 109 Å². The van der Waals surface area contributed by atoms with Crippen LogP contribution >= 0.6 is 27.3 Å². The monoisotopic (exact) mass is 300 g/mol. The third-order valence-corrected chi connectivity index (χ3v) is 5.97. The molecule has 1 aromatic rings. The van der Waals surface area contributed by atoms with Crippen LogP contribution in [0, 0.1) is 24.7 Å². The zero-order valence-corrected chi connectivity index (χ0v) is 11.9. The van der Waals surface area contributed by atoms with Crippen LogP contribution in [-0.2, 0) is 6.54 Å². The molecule has 0 bridgehead atoms. The number of halogens is 1. The second-order valence-electron chi connectivity index (χ2n) is 5.05. The minimum atomic E-state index is 0.838. The summed E-state index contributed by atoms with van der Waals surface area (Å²) in [4.78, 5) is 5.45. The lowest BCUT2D eigenvalue weighted by molar-refractivity contribution is 0.281. The van der Waals surface area contributed by atoms with E-state index < -0.39 is 0 Å². The van der Waals surface area contributed by atoms with Crippen LogP contribution in [0.15, 0.2) is 10.5 Å². The highest BCUT2D eigenvalue weighted by Crippen LogP contribution is 2.51. The van der Waals surface area contributed by atoms with Crippen LogP contribution < -0.4 is 5.73 Å². The van der Waals surface area contributed by atoms with E-state index in [0.29, 0.717) is 0 Å². The van der Waals surface area contributed by atoms with E-state index in [-0.39, 0.29) is 0 Å². The Hall–Kier alpha value is 0.1000. The van der Waals surface area contributed by atoms with Gasteiger partial charge in [-0.1, -0.05) is 0 Å². The fourth-order valence-electron chi connectivity index (χ4n) is 3.06. The number of hydrogen-bond donors (Lipinski definition) is 1. The second-order valence-corrected chi connectivity index (χ2v) is 7.24. The molecule has 0 amide bonds. The van der Waals surface area contributed by atoms with Crippen molar-refractivity contribution < 1.29 is 0 Å². The van der Waals surface area contributed by atoms with Gasteiger partial charge in [-0.2, -0.15) is 0 Å². The molecule has 1 saturated carbocycles. The molecule has 2 N–H and O–H groups in total. The normalized spacial score (nSPS) is 33.1. The minimum Gasteiger partial charge on any atom is -0.330 e. The number of aryl methyl sites for hydroxylation is 1. The van der Waals surface area contributed by atoms with Gasteiger partial charge < -0.3 is 5.73 Å². The topological polar surface area (TPSA) is 29.3 Å². The lowest BCUT2D eigenvalue weighted by Crippen LogP contribution is -2.25. The molecule has 3 atom stereocenters. The third kappa shape index (κ3) is 1.86. The molecular weight excluding hydrogens is 284 g/mol. The van der Waals surface area contributed by atoms with Crippen molar-refractivity contribution in [2.24, 2.45) is 23.5 Å². The maximum atomic E-state index is 5.73. The molecule has 1 aliphatic carbocycles. The van der Waals surface area contributed by atoms with Gasteiger partial charge in [-0.25, -0.2) is 0 Å². The molecule has 1 saturated heterocycles. The van der Waals surface area contributed by atoms with E-state index in [1.165, 1.54) is 27.3 Å². The van der Waals surface area contributed by atoms with Crippen molar-refractivity contribution in [1.29, 1.82) is 0 Å². The Morgan fingerprint density at radius 1 is 1.50 bits per heavy atom. The maximum Gasteiger partial charge on any atom is 0.0339 e. The second kappa shape index (κ2) is 4.09. The van der Waals surface area contributed by atoms with Gasteiger partial charge in [-0.15, -0.1) is 11.3 Å². The number of likely N-dealkylation sites (tertiary alicyclic amines) is 1. The van der Waals surface area contributed by atoms with Gasteiger partial charge >= 0.3 is 0 Å². The van der Waals surface area contributed by atoms with E-state index in [0.717, 1.165) is 30.8 Å². The minimum absolute atomic E-state index is 0.838. The number of rotatable bonds is 3. The average molecular weight is 301 g/mol. The van der Waals surface area contributed by atoms with Crippen LogP contribution in [0.4, 0.5) is 0 Å². The fourth-order valence-corrected chi connectivity index (χ4v) is 4.89. The van der Waals surface area contributed by atoms with Crippen molar-refractivity contribution in [2.45, 2.75) is 13.5 Å². The summed E-state index contributed by atoms with van der Waals surface area (Å²) < 4.78 is 1.28. The van der Waals surface area contributed by atoms with Crippen LogP contribution in [0.2, 0.25) is 0 Å². The van der Waals surface area contributed by atoms with Crippen molar-refractivity contribution in [3.63, 3.8) is 0 Å². The predicted octanol–water partition coefficient (Wildman–Crippen LogP) is 2.46. The Bertz CT molecular complexity index is 392. The number of piperidine rings is 1. The van der Waals surface area contributed by atoms with Gasteiger partial charge in [0, 0.05) is 33.9 Å². The summed E-state index contributed by atoms with van der Waals surface area (Å²) >= 11 is 5.55. The highest BCUT2D eigenvalue weighted by molar-refractivity contribution is 9.10. The molecule has 1 unspecified atom stereocenters. The number of nitrogens with zero attached hydrogens (tertiary/aromatic N) is 1. The first-order valence-electron chi connectivity index (χ1n) is 5.86. The molecule has 4 heteroatoms. The van der Waals surface area contributed by atoms with E-state index in [2.05, 4.69) is 33.8 Å². The van der Waals surface area contributed by atoms with Crippen LogP contribution in [0.25, 0.3) is 0 Å². The lowest BCUT2D eigenvalue weighted by atomic mass is 10.2. The standard InChI is InChI=1S/C12H17BrN2S/c1-7-2-11(13)12(16-7)6-15-4-9-8(3-14)10(9)5-15/h2,8-10H,3-6,14H2,1H3/t8?,9-,10+. The summed E-state index contributed by atoms with van der Waals surface area (Å²) in [6.45, 7) is 6.70. The summed E-state index contributed by atoms with van der Waals surface area (Å²) in [5.41, 5.74) is 5.73. The van der Waals surface area contributed by atoms with Crippen molar-refractivity contribution >= 4 is 27.3 Å². The molecule has 16 heavy (non-hydrogen) atoms. The quantitative estimate of drug-likeness (QED) is 0.929. The van der Waals surface area contributed by atoms with E-state index >= 15 is 0 Å². The number of hydrogen-bond acceptors (Lipinski definition) is 3. The first-order valence-corrected chi connectivity index (χ1v) is 7.47. The smallest absolute Gasteiger partial charge is 0.0339 e. The van der Waals surface area contributed by atoms with Gasteiger partial charge in [0.1, 0.15) is 0 Å². The molecule has 0 spiro atoms.